The summed E-state index contributed by atoms with van der Waals surface area (Å²) in [7, 11) is 0. The minimum absolute atomic E-state index is 0.00290. The van der Waals surface area contributed by atoms with Crippen LogP contribution in [0.2, 0.25) is 0 Å². The van der Waals surface area contributed by atoms with Gasteiger partial charge in [-0.3, -0.25) is 10.1 Å². The van der Waals surface area contributed by atoms with Crippen molar-refractivity contribution in [3.8, 4) is 0 Å². The van der Waals surface area contributed by atoms with Gasteiger partial charge in [-0.1, -0.05) is 90.5 Å². The quantitative estimate of drug-likeness (QED) is 0.546. The van der Waals surface area contributed by atoms with Gasteiger partial charge in [-0.2, -0.15) is 0 Å². The summed E-state index contributed by atoms with van der Waals surface area (Å²) in [4.78, 5) is 12.3. The second-order valence-electron chi connectivity index (χ2n) is 7.07. The van der Waals surface area contributed by atoms with E-state index >= 15 is 0 Å². The van der Waals surface area contributed by atoms with Crippen LogP contribution in [0, 0.1) is 6.92 Å². The van der Waals surface area contributed by atoms with E-state index in [0.717, 1.165) is 24.0 Å². The first kappa shape index (κ1) is 19.8. The number of nitrogens with one attached hydrogen (secondary N) is 2. The van der Waals surface area contributed by atoms with Crippen LogP contribution < -0.4 is 10.6 Å². The molecule has 0 saturated carbocycles. The number of carbonyl (C=O) groups is 1. The van der Waals surface area contributed by atoms with Gasteiger partial charge in [0.1, 0.15) is 0 Å². The van der Waals surface area contributed by atoms with Gasteiger partial charge in [-0.05, 0) is 36.5 Å². The summed E-state index contributed by atoms with van der Waals surface area (Å²) in [6.45, 7) is 3.06. The molecular formula is C25H28N2O. The monoisotopic (exact) mass is 372 g/mol. The van der Waals surface area contributed by atoms with Crippen LogP contribution in [0.1, 0.15) is 34.7 Å². The van der Waals surface area contributed by atoms with E-state index in [9.17, 15) is 4.79 Å². The van der Waals surface area contributed by atoms with Crippen molar-refractivity contribution in [1.82, 2.24) is 10.6 Å². The summed E-state index contributed by atoms with van der Waals surface area (Å²) in [5, 5.41) is 6.44. The lowest BCUT2D eigenvalue weighted by Crippen LogP contribution is -2.36. The Labute approximate surface area is 167 Å². The minimum atomic E-state index is -0.00290. The van der Waals surface area contributed by atoms with Crippen LogP contribution in [0.25, 0.3) is 0 Å². The second-order valence-corrected chi connectivity index (χ2v) is 7.07. The van der Waals surface area contributed by atoms with Gasteiger partial charge >= 0.3 is 0 Å². The van der Waals surface area contributed by atoms with Gasteiger partial charge in [0.15, 0.2) is 0 Å². The number of aryl methyl sites for hydroxylation is 2. The fourth-order valence-electron chi connectivity index (χ4n) is 3.25. The zero-order valence-electron chi connectivity index (χ0n) is 16.4. The van der Waals surface area contributed by atoms with Crippen molar-refractivity contribution < 1.29 is 4.79 Å². The molecule has 0 heterocycles. The molecule has 0 aliphatic heterocycles. The molecular weight excluding hydrogens is 344 g/mol. The fourth-order valence-corrected chi connectivity index (χ4v) is 3.25. The Bertz CT molecular complexity index is 845. The van der Waals surface area contributed by atoms with Crippen molar-refractivity contribution in [1.29, 1.82) is 0 Å². The highest BCUT2D eigenvalue weighted by Gasteiger charge is 2.14. The Hall–Kier alpha value is -2.91. The van der Waals surface area contributed by atoms with E-state index < -0.39 is 0 Å². The van der Waals surface area contributed by atoms with Crippen LogP contribution in [0.15, 0.2) is 84.9 Å². The lowest BCUT2D eigenvalue weighted by molar-refractivity contribution is -0.120. The number of carbonyl (C=O) groups excluding carboxylic acids is 1. The van der Waals surface area contributed by atoms with Crippen LogP contribution in [0.3, 0.4) is 0 Å². The molecule has 3 aromatic rings. The Morgan fingerprint density at radius 2 is 1.43 bits per heavy atom. The first-order valence-electron chi connectivity index (χ1n) is 9.88. The fraction of sp³-hybridized carbons (Fsp3) is 0.240. The van der Waals surface area contributed by atoms with E-state index in [1.807, 2.05) is 36.4 Å². The maximum atomic E-state index is 12.3. The lowest BCUT2D eigenvalue weighted by atomic mass is 9.98. The number of amides is 1. The molecule has 0 saturated heterocycles. The molecule has 3 rings (SSSR count). The summed E-state index contributed by atoms with van der Waals surface area (Å²) in [6, 6.07) is 29.1. The molecule has 2 N–H and O–H groups in total. The zero-order valence-corrected chi connectivity index (χ0v) is 16.4. The highest BCUT2D eigenvalue weighted by Crippen LogP contribution is 2.22. The smallest absolute Gasteiger partial charge is 0.233 e. The van der Waals surface area contributed by atoms with Crippen molar-refractivity contribution in [2.24, 2.45) is 0 Å². The van der Waals surface area contributed by atoms with E-state index in [-0.39, 0.29) is 11.9 Å². The van der Waals surface area contributed by atoms with Crippen LogP contribution >= 0.6 is 0 Å². The Kier molecular flexibility index (Phi) is 7.39. The van der Waals surface area contributed by atoms with Gasteiger partial charge in [0.2, 0.25) is 5.91 Å². The van der Waals surface area contributed by atoms with Crippen molar-refractivity contribution in [2.75, 3.05) is 13.1 Å². The van der Waals surface area contributed by atoms with Crippen molar-refractivity contribution in [2.45, 2.75) is 25.8 Å². The highest BCUT2D eigenvalue weighted by atomic mass is 16.1. The maximum absolute atomic E-state index is 12.3. The Morgan fingerprint density at radius 1 is 0.821 bits per heavy atom. The molecule has 3 aromatic carbocycles. The summed E-state index contributed by atoms with van der Waals surface area (Å²) in [5.41, 5.74) is 4.85. The Morgan fingerprint density at radius 3 is 2.11 bits per heavy atom. The van der Waals surface area contributed by atoms with Crippen LogP contribution in [0.4, 0.5) is 0 Å². The molecule has 1 atom stereocenters. The molecule has 0 radical (unpaired) electrons. The third-order valence-corrected chi connectivity index (χ3v) is 4.82. The molecule has 28 heavy (non-hydrogen) atoms. The van der Waals surface area contributed by atoms with Crippen molar-refractivity contribution >= 4 is 5.91 Å². The molecule has 0 fully saturated rings. The van der Waals surface area contributed by atoms with Gasteiger partial charge in [-0.15, -0.1) is 0 Å². The minimum Gasteiger partial charge on any atom is -0.355 e. The van der Waals surface area contributed by atoms with E-state index in [1.54, 1.807) is 0 Å². The zero-order chi connectivity index (χ0) is 19.6. The Balaban J connectivity index is 1.51. The SMILES string of the molecule is Cc1ccc([C@@H](NCC(=O)NCCCc2ccccc2)c2ccccc2)cc1. The first-order valence-corrected chi connectivity index (χ1v) is 9.88. The number of benzene rings is 3. The highest BCUT2D eigenvalue weighted by molar-refractivity contribution is 5.78. The number of hydrogen-bond donors (Lipinski definition) is 2. The summed E-state index contributed by atoms with van der Waals surface area (Å²) in [6.07, 6.45) is 1.92. The second kappa shape index (κ2) is 10.4. The molecule has 0 aromatic heterocycles. The molecule has 1 amide bonds. The molecule has 0 unspecified atom stereocenters. The molecule has 0 aliphatic rings. The predicted octanol–water partition coefficient (Wildman–Crippen LogP) is 4.42. The van der Waals surface area contributed by atoms with E-state index in [2.05, 4.69) is 66.1 Å². The lowest BCUT2D eigenvalue weighted by Gasteiger charge is -2.20. The third kappa shape index (κ3) is 6.07. The normalized spacial score (nSPS) is 11.8. The van der Waals surface area contributed by atoms with Crippen molar-refractivity contribution in [3.63, 3.8) is 0 Å². The third-order valence-electron chi connectivity index (χ3n) is 4.82. The molecule has 3 heteroatoms. The van der Waals surface area contributed by atoms with Crippen LogP contribution in [0.5, 0.6) is 0 Å². The predicted molar refractivity (Wildman–Crippen MR) is 115 cm³/mol. The van der Waals surface area contributed by atoms with Crippen molar-refractivity contribution in [3.05, 3.63) is 107 Å². The van der Waals surface area contributed by atoms with Gasteiger partial charge in [0.05, 0.1) is 12.6 Å². The van der Waals surface area contributed by atoms with Crippen LogP contribution in [-0.4, -0.2) is 19.0 Å². The van der Waals surface area contributed by atoms with E-state index in [0.29, 0.717) is 13.1 Å². The largest absolute Gasteiger partial charge is 0.355 e. The summed E-state index contributed by atoms with van der Waals surface area (Å²) < 4.78 is 0. The van der Waals surface area contributed by atoms with E-state index in [4.69, 9.17) is 0 Å². The number of rotatable bonds is 9. The van der Waals surface area contributed by atoms with Gasteiger partial charge in [0, 0.05) is 6.54 Å². The average Bonchev–Trinajstić information content (AvgIpc) is 2.74. The molecule has 144 valence electrons. The number of hydrogen-bond acceptors (Lipinski definition) is 2. The van der Waals surface area contributed by atoms with Gasteiger partial charge in [0.25, 0.3) is 0 Å². The molecule has 0 aliphatic carbocycles. The van der Waals surface area contributed by atoms with Gasteiger partial charge < -0.3 is 5.32 Å². The average molecular weight is 373 g/mol. The summed E-state index contributed by atoms with van der Waals surface area (Å²) >= 11 is 0. The first-order chi connectivity index (χ1) is 13.7. The summed E-state index contributed by atoms with van der Waals surface area (Å²) in [5.74, 6) is 0.0288. The van der Waals surface area contributed by atoms with E-state index in [1.165, 1.54) is 11.1 Å². The molecule has 0 bridgehead atoms. The molecule has 3 nitrogen and oxygen atoms in total. The standard InChI is InChI=1S/C25H28N2O/c1-20-14-16-23(17-15-20)25(22-12-6-3-7-13-22)27-19-24(28)26-18-8-11-21-9-4-2-5-10-21/h2-7,9-10,12-17,25,27H,8,11,18-19H2,1H3,(H,26,28)/t25-/m0/s1. The molecule has 0 spiro atoms. The van der Waals surface area contributed by atoms with Crippen LogP contribution in [-0.2, 0) is 11.2 Å². The topological polar surface area (TPSA) is 41.1 Å². The van der Waals surface area contributed by atoms with Gasteiger partial charge in [-0.25, -0.2) is 0 Å². The maximum Gasteiger partial charge on any atom is 0.233 e.